The van der Waals surface area contributed by atoms with Crippen molar-refractivity contribution < 1.29 is 14.4 Å². The van der Waals surface area contributed by atoms with Crippen LogP contribution < -0.4 is 10.6 Å². The number of aryl methyl sites for hydroxylation is 1. The van der Waals surface area contributed by atoms with E-state index in [9.17, 15) is 14.4 Å². The average Bonchev–Trinajstić information content (AvgIpc) is 2.75. The molecule has 1 aromatic heterocycles. The van der Waals surface area contributed by atoms with Gasteiger partial charge in [-0.05, 0) is 49.6 Å². The zero-order chi connectivity index (χ0) is 21.7. The van der Waals surface area contributed by atoms with Gasteiger partial charge in [0, 0.05) is 24.8 Å². The Morgan fingerprint density at radius 3 is 2.67 bits per heavy atom. The van der Waals surface area contributed by atoms with Crippen molar-refractivity contribution in [1.29, 1.82) is 0 Å². The number of piperidine rings is 1. The lowest BCUT2D eigenvalue weighted by Gasteiger charge is -2.32. The van der Waals surface area contributed by atoms with Gasteiger partial charge < -0.3 is 15.5 Å². The summed E-state index contributed by atoms with van der Waals surface area (Å²) < 4.78 is 0. The first-order valence-electron chi connectivity index (χ1n) is 9.58. The summed E-state index contributed by atoms with van der Waals surface area (Å²) in [4.78, 5) is 43.1. The molecule has 1 atom stereocenters. The Balaban J connectivity index is 1.52. The Hall–Kier alpha value is -2.64. The van der Waals surface area contributed by atoms with E-state index in [2.05, 4.69) is 15.6 Å². The van der Waals surface area contributed by atoms with Crippen LogP contribution in [0.4, 0.5) is 5.82 Å². The summed E-state index contributed by atoms with van der Waals surface area (Å²) in [5, 5.41) is 6.01. The van der Waals surface area contributed by atoms with Gasteiger partial charge in [0.1, 0.15) is 5.82 Å². The molecule has 1 unspecified atom stereocenters. The van der Waals surface area contributed by atoms with Gasteiger partial charge >= 0.3 is 0 Å². The lowest BCUT2D eigenvalue weighted by atomic mass is 9.97. The molecule has 1 aromatic carbocycles. The van der Waals surface area contributed by atoms with Gasteiger partial charge in [-0.25, -0.2) is 4.98 Å². The summed E-state index contributed by atoms with van der Waals surface area (Å²) in [7, 11) is 0. The SMILES string of the molecule is Cc1ccc(NC(=O)C2CCCN(C(=O)CNC(=O)c3ccc(Cl)c(Cl)c3)C2)nc1. The highest BCUT2D eigenvalue weighted by Crippen LogP contribution is 2.22. The molecule has 2 heterocycles. The van der Waals surface area contributed by atoms with E-state index in [1.807, 2.05) is 13.0 Å². The zero-order valence-electron chi connectivity index (χ0n) is 16.5. The average molecular weight is 449 g/mol. The van der Waals surface area contributed by atoms with Gasteiger partial charge in [0.15, 0.2) is 0 Å². The number of halogens is 2. The third-order valence-electron chi connectivity index (χ3n) is 4.89. The highest BCUT2D eigenvalue weighted by atomic mass is 35.5. The quantitative estimate of drug-likeness (QED) is 0.733. The van der Waals surface area contributed by atoms with Gasteiger partial charge in [0.2, 0.25) is 11.8 Å². The van der Waals surface area contributed by atoms with Crippen LogP contribution in [-0.2, 0) is 9.59 Å². The fourth-order valence-electron chi connectivity index (χ4n) is 3.19. The van der Waals surface area contributed by atoms with E-state index >= 15 is 0 Å². The van der Waals surface area contributed by atoms with Gasteiger partial charge in [0.25, 0.3) is 5.91 Å². The van der Waals surface area contributed by atoms with Crippen LogP contribution in [0.3, 0.4) is 0 Å². The molecule has 1 aliphatic heterocycles. The number of carbonyl (C=O) groups is 3. The second kappa shape index (κ2) is 9.91. The molecule has 3 amide bonds. The van der Waals surface area contributed by atoms with Crippen molar-refractivity contribution in [2.24, 2.45) is 5.92 Å². The number of hydrogen-bond donors (Lipinski definition) is 2. The molecular formula is C21H22Cl2N4O3. The third kappa shape index (κ3) is 5.70. The predicted molar refractivity (Wildman–Crippen MR) is 116 cm³/mol. The molecular weight excluding hydrogens is 427 g/mol. The van der Waals surface area contributed by atoms with Gasteiger partial charge in [-0.15, -0.1) is 0 Å². The maximum atomic E-state index is 12.5. The Bertz CT molecular complexity index is 950. The minimum atomic E-state index is -0.418. The number of pyridine rings is 1. The molecule has 1 aliphatic rings. The summed E-state index contributed by atoms with van der Waals surface area (Å²) in [6, 6.07) is 8.13. The van der Waals surface area contributed by atoms with Crippen LogP contribution >= 0.6 is 23.2 Å². The fourth-order valence-corrected chi connectivity index (χ4v) is 3.49. The number of nitrogens with one attached hydrogen (secondary N) is 2. The summed E-state index contributed by atoms with van der Waals surface area (Å²) >= 11 is 11.8. The van der Waals surface area contributed by atoms with Crippen molar-refractivity contribution in [2.75, 3.05) is 25.0 Å². The van der Waals surface area contributed by atoms with Gasteiger partial charge in [-0.1, -0.05) is 29.3 Å². The minimum Gasteiger partial charge on any atom is -0.343 e. The number of rotatable bonds is 5. The van der Waals surface area contributed by atoms with Crippen LogP contribution in [0, 0.1) is 12.8 Å². The zero-order valence-corrected chi connectivity index (χ0v) is 18.0. The number of benzene rings is 1. The minimum absolute atomic E-state index is 0.160. The summed E-state index contributed by atoms with van der Waals surface area (Å²) in [6.07, 6.45) is 3.09. The van der Waals surface area contributed by atoms with E-state index in [-0.39, 0.29) is 29.3 Å². The Morgan fingerprint density at radius 2 is 1.97 bits per heavy atom. The fraction of sp³-hybridized carbons (Fsp3) is 0.333. The molecule has 3 rings (SSSR count). The van der Waals surface area contributed by atoms with E-state index in [0.717, 1.165) is 5.56 Å². The Morgan fingerprint density at radius 1 is 1.17 bits per heavy atom. The van der Waals surface area contributed by atoms with E-state index in [4.69, 9.17) is 23.2 Å². The number of nitrogens with zero attached hydrogens (tertiary/aromatic N) is 2. The maximum Gasteiger partial charge on any atom is 0.251 e. The van der Waals surface area contributed by atoms with Crippen LogP contribution in [0.15, 0.2) is 36.5 Å². The molecule has 2 N–H and O–H groups in total. The lowest BCUT2D eigenvalue weighted by molar-refractivity contribution is -0.133. The van der Waals surface area contributed by atoms with Gasteiger partial charge in [-0.2, -0.15) is 0 Å². The van der Waals surface area contributed by atoms with E-state index in [0.29, 0.717) is 42.3 Å². The first-order valence-corrected chi connectivity index (χ1v) is 10.3. The number of carbonyl (C=O) groups excluding carboxylic acids is 3. The Kier molecular flexibility index (Phi) is 7.29. The number of aromatic nitrogens is 1. The number of anilines is 1. The van der Waals surface area contributed by atoms with E-state index in [1.165, 1.54) is 18.2 Å². The van der Waals surface area contributed by atoms with Crippen molar-refractivity contribution in [1.82, 2.24) is 15.2 Å². The first-order chi connectivity index (χ1) is 14.3. The number of hydrogen-bond acceptors (Lipinski definition) is 4. The summed E-state index contributed by atoms with van der Waals surface area (Å²) in [5.74, 6) is -0.656. The molecule has 0 spiro atoms. The molecule has 0 aliphatic carbocycles. The highest BCUT2D eigenvalue weighted by molar-refractivity contribution is 6.42. The second-order valence-electron chi connectivity index (χ2n) is 7.20. The molecule has 9 heteroatoms. The molecule has 1 fully saturated rings. The van der Waals surface area contributed by atoms with Crippen LogP contribution in [0.25, 0.3) is 0 Å². The topological polar surface area (TPSA) is 91.4 Å². The van der Waals surface area contributed by atoms with Crippen molar-refractivity contribution in [3.63, 3.8) is 0 Å². The van der Waals surface area contributed by atoms with Crippen LogP contribution in [0.2, 0.25) is 10.0 Å². The monoisotopic (exact) mass is 448 g/mol. The van der Waals surface area contributed by atoms with E-state index < -0.39 is 5.91 Å². The highest BCUT2D eigenvalue weighted by Gasteiger charge is 2.28. The van der Waals surface area contributed by atoms with Crippen molar-refractivity contribution >= 4 is 46.7 Å². The summed E-state index contributed by atoms with van der Waals surface area (Å²) in [6.45, 7) is 2.61. The van der Waals surface area contributed by atoms with Crippen LogP contribution in [-0.4, -0.2) is 47.2 Å². The Labute approximate surface area is 184 Å². The summed E-state index contributed by atoms with van der Waals surface area (Å²) in [5.41, 5.74) is 1.32. The smallest absolute Gasteiger partial charge is 0.251 e. The largest absolute Gasteiger partial charge is 0.343 e. The van der Waals surface area contributed by atoms with Gasteiger partial charge in [0.05, 0.1) is 22.5 Å². The normalized spacial score (nSPS) is 16.1. The van der Waals surface area contributed by atoms with Crippen LogP contribution in [0.1, 0.15) is 28.8 Å². The molecule has 1 saturated heterocycles. The molecule has 0 bridgehead atoms. The van der Waals surface area contributed by atoms with Crippen LogP contribution in [0.5, 0.6) is 0 Å². The van der Waals surface area contributed by atoms with Crippen molar-refractivity contribution in [3.8, 4) is 0 Å². The lowest BCUT2D eigenvalue weighted by Crippen LogP contribution is -2.47. The predicted octanol–water partition coefficient (Wildman–Crippen LogP) is 3.30. The van der Waals surface area contributed by atoms with Gasteiger partial charge in [-0.3, -0.25) is 14.4 Å². The standard InChI is InChI=1S/C21H22Cl2N4O3/c1-13-4-7-18(24-10-13)26-21(30)15-3-2-8-27(12-15)19(28)11-25-20(29)14-5-6-16(22)17(23)9-14/h4-7,9-10,15H,2-3,8,11-12H2,1H3,(H,25,29)(H,24,26,30). The molecule has 30 heavy (non-hydrogen) atoms. The molecule has 0 saturated carbocycles. The molecule has 158 valence electrons. The molecule has 0 radical (unpaired) electrons. The van der Waals surface area contributed by atoms with Crippen molar-refractivity contribution in [2.45, 2.75) is 19.8 Å². The molecule has 2 aromatic rings. The maximum absolute atomic E-state index is 12.5. The second-order valence-corrected chi connectivity index (χ2v) is 8.01. The molecule has 7 nitrogen and oxygen atoms in total. The van der Waals surface area contributed by atoms with E-state index in [1.54, 1.807) is 17.2 Å². The number of likely N-dealkylation sites (tertiary alicyclic amines) is 1. The van der Waals surface area contributed by atoms with Crippen molar-refractivity contribution in [3.05, 3.63) is 57.7 Å². The first kappa shape index (κ1) is 22.1. The number of amides is 3. The third-order valence-corrected chi connectivity index (χ3v) is 5.63.